The maximum atomic E-state index is 10.3. The summed E-state index contributed by atoms with van der Waals surface area (Å²) in [5.74, 6) is -0.0287. The van der Waals surface area contributed by atoms with Crippen LogP contribution in [0.4, 0.5) is 0 Å². The molecule has 3 nitrogen and oxygen atoms in total. The Labute approximate surface area is 79.7 Å². The lowest BCUT2D eigenvalue weighted by molar-refractivity contribution is -0.139. The molecule has 0 aromatic heterocycles. The SMILES string of the molecule is CC(C)C(C)C[C@@H](N)C(=O)O.Cl. The highest BCUT2D eigenvalue weighted by Gasteiger charge is 2.17. The van der Waals surface area contributed by atoms with Gasteiger partial charge in [0.1, 0.15) is 6.04 Å². The second-order valence-electron chi connectivity index (χ2n) is 3.40. The third-order valence-corrected chi connectivity index (χ3v) is 2.08. The molecule has 1 unspecified atom stereocenters. The number of carboxylic acids is 1. The standard InChI is InChI=1S/C8H17NO2.ClH/c1-5(2)6(3)4-7(9)8(10)11;/h5-7H,4,9H2,1-3H3,(H,10,11);1H/t6?,7-;/m1./s1. The van der Waals surface area contributed by atoms with Crippen molar-refractivity contribution in [2.75, 3.05) is 0 Å². The second kappa shape index (κ2) is 6.26. The molecule has 0 bridgehead atoms. The number of aliphatic carboxylic acids is 1. The predicted molar refractivity (Wildman–Crippen MR) is 51.5 cm³/mol. The zero-order chi connectivity index (χ0) is 9.02. The number of carboxylic acid groups (broad SMARTS) is 1. The molecule has 3 N–H and O–H groups in total. The van der Waals surface area contributed by atoms with Gasteiger partial charge in [-0.1, -0.05) is 20.8 Å². The minimum atomic E-state index is -0.905. The average molecular weight is 196 g/mol. The first-order valence-corrected chi connectivity index (χ1v) is 3.93. The van der Waals surface area contributed by atoms with Gasteiger partial charge >= 0.3 is 5.97 Å². The fourth-order valence-corrected chi connectivity index (χ4v) is 0.774. The number of nitrogens with two attached hydrogens (primary N) is 1. The van der Waals surface area contributed by atoms with Crippen molar-refractivity contribution < 1.29 is 9.90 Å². The fourth-order valence-electron chi connectivity index (χ4n) is 0.774. The lowest BCUT2D eigenvalue weighted by atomic mass is 9.91. The lowest BCUT2D eigenvalue weighted by Crippen LogP contribution is -2.32. The Bertz CT molecular complexity index is 139. The van der Waals surface area contributed by atoms with Crippen LogP contribution in [0, 0.1) is 11.8 Å². The minimum absolute atomic E-state index is 0. The van der Waals surface area contributed by atoms with E-state index >= 15 is 0 Å². The minimum Gasteiger partial charge on any atom is -0.480 e. The van der Waals surface area contributed by atoms with Gasteiger partial charge < -0.3 is 10.8 Å². The third kappa shape index (κ3) is 5.38. The predicted octanol–water partition coefficient (Wildman–Crippen LogP) is 1.50. The smallest absolute Gasteiger partial charge is 0.320 e. The first-order valence-electron chi connectivity index (χ1n) is 3.93. The van der Waals surface area contributed by atoms with E-state index < -0.39 is 12.0 Å². The van der Waals surface area contributed by atoms with Crippen LogP contribution >= 0.6 is 12.4 Å². The number of rotatable bonds is 4. The maximum absolute atomic E-state index is 10.3. The van der Waals surface area contributed by atoms with Crippen LogP contribution in [0.2, 0.25) is 0 Å². The summed E-state index contributed by atoms with van der Waals surface area (Å²) in [7, 11) is 0. The highest BCUT2D eigenvalue weighted by molar-refractivity contribution is 5.85. The van der Waals surface area contributed by atoms with Crippen molar-refractivity contribution in [3.8, 4) is 0 Å². The van der Waals surface area contributed by atoms with Crippen LogP contribution < -0.4 is 5.73 Å². The monoisotopic (exact) mass is 195 g/mol. The molecular weight excluding hydrogens is 178 g/mol. The van der Waals surface area contributed by atoms with Gasteiger partial charge in [0.15, 0.2) is 0 Å². The summed E-state index contributed by atoms with van der Waals surface area (Å²) in [5.41, 5.74) is 5.36. The van der Waals surface area contributed by atoms with Gasteiger partial charge in [0.2, 0.25) is 0 Å². The van der Waals surface area contributed by atoms with Gasteiger partial charge in [0.05, 0.1) is 0 Å². The summed E-state index contributed by atoms with van der Waals surface area (Å²) in [6.45, 7) is 6.16. The zero-order valence-corrected chi connectivity index (χ0v) is 8.60. The summed E-state index contributed by atoms with van der Waals surface area (Å²) in [4.78, 5) is 10.3. The highest BCUT2D eigenvalue weighted by Crippen LogP contribution is 2.14. The molecule has 0 saturated carbocycles. The van der Waals surface area contributed by atoms with Gasteiger partial charge in [-0.25, -0.2) is 0 Å². The summed E-state index contributed by atoms with van der Waals surface area (Å²) in [6.07, 6.45) is 0.562. The van der Waals surface area contributed by atoms with Crippen LogP contribution in [0.15, 0.2) is 0 Å². The van der Waals surface area contributed by atoms with Crippen LogP contribution in [0.1, 0.15) is 27.2 Å². The number of halogens is 1. The normalized spacial score (nSPS) is 15.1. The van der Waals surface area contributed by atoms with Crippen LogP contribution in [0.3, 0.4) is 0 Å². The van der Waals surface area contributed by atoms with Crippen LogP contribution in [0.5, 0.6) is 0 Å². The van der Waals surface area contributed by atoms with Crippen molar-refractivity contribution in [1.29, 1.82) is 0 Å². The lowest BCUT2D eigenvalue weighted by Gasteiger charge is -2.17. The number of carbonyl (C=O) groups is 1. The van der Waals surface area contributed by atoms with Gasteiger partial charge in [-0.15, -0.1) is 12.4 Å². The fraction of sp³-hybridized carbons (Fsp3) is 0.875. The molecule has 0 aliphatic heterocycles. The van der Waals surface area contributed by atoms with E-state index in [-0.39, 0.29) is 12.4 Å². The molecule has 0 rings (SSSR count). The van der Waals surface area contributed by atoms with E-state index in [1.807, 2.05) is 6.92 Å². The summed E-state index contributed by atoms with van der Waals surface area (Å²) >= 11 is 0. The molecule has 0 radical (unpaired) electrons. The Balaban J connectivity index is 0. The van der Waals surface area contributed by atoms with Crippen molar-refractivity contribution in [1.82, 2.24) is 0 Å². The Hall–Kier alpha value is -0.280. The number of hydrogen-bond donors (Lipinski definition) is 2. The van der Waals surface area contributed by atoms with Gasteiger partial charge in [-0.3, -0.25) is 4.79 Å². The van der Waals surface area contributed by atoms with Crippen LogP contribution in [0.25, 0.3) is 0 Å². The Kier molecular flexibility index (Phi) is 7.44. The Morgan fingerprint density at radius 3 is 2.08 bits per heavy atom. The molecule has 0 spiro atoms. The molecular formula is C8H18ClNO2. The van der Waals surface area contributed by atoms with Crippen molar-refractivity contribution in [3.05, 3.63) is 0 Å². The summed E-state index contributed by atoms with van der Waals surface area (Å²) in [5, 5.41) is 8.49. The quantitative estimate of drug-likeness (QED) is 0.715. The summed E-state index contributed by atoms with van der Waals surface area (Å²) in [6, 6.07) is -0.701. The van der Waals surface area contributed by atoms with Crippen molar-refractivity contribution >= 4 is 18.4 Å². The molecule has 0 aliphatic rings. The molecule has 0 amide bonds. The molecule has 0 aromatic carbocycles. The first-order chi connectivity index (χ1) is 4.95. The van der Waals surface area contributed by atoms with Gasteiger partial charge in [0.25, 0.3) is 0 Å². The van der Waals surface area contributed by atoms with Crippen molar-refractivity contribution in [2.45, 2.75) is 33.2 Å². The van der Waals surface area contributed by atoms with Gasteiger partial charge in [0, 0.05) is 0 Å². The molecule has 0 aromatic rings. The highest BCUT2D eigenvalue weighted by atomic mass is 35.5. The molecule has 0 aliphatic carbocycles. The summed E-state index contributed by atoms with van der Waals surface area (Å²) < 4.78 is 0. The van der Waals surface area contributed by atoms with E-state index in [0.717, 1.165) is 0 Å². The maximum Gasteiger partial charge on any atom is 0.320 e. The van der Waals surface area contributed by atoms with Crippen molar-refractivity contribution in [3.63, 3.8) is 0 Å². The Morgan fingerprint density at radius 1 is 1.42 bits per heavy atom. The molecule has 4 heteroatoms. The molecule has 2 atom stereocenters. The largest absolute Gasteiger partial charge is 0.480 e. The second-order valence-corrected chi connectivity index (χ2v) is 3.40. The van der Waals surface area contributed by atoms with Crippen LogP contribution in [-0.4, -0.2) is 17.1 Å². The van der Waals surface area contributed by atoms with Crippen LogP contribution in [-0.2, 0) is 4.79 Å². The van der Waals surface area contributed by atoms with E-state index in [1.54, 1.807) is 0 Å². The first kappa shape index (κ1) is 14.3. The van der Waals surface area contributed by atoms with E-state index in [2.05, 4.69) is 13.8 Å². The topological polar surface area (TPSA) is 63.3 Å². The van der Waals surface area contributed by atoms with Gasteiger partial charge in [-0.2, -0.15) is 0 Å². The van der Waals surface area contributed by atoms with E-state index in [4.69, 9.17) is 10.8 Å². The average Bonchev–Trinajstić information content (AvgIpc) is 1.87. The number of hydrogen-bond acceptors (Lipinski definition) is 2. The van der Waals surface area contributed by atoms with E-state index in [1.165, 1.54) is 0 Å². The molecule has 0 heterocycles. The molecule has 0 fully saturated rings. The van der Waals surface area contributed by atoms with Crippen molar-refractivity contribution in [2.24, 2.45) is 17.6 Å². The third-order valence-electron chi connectivity index (χ3n) is 2.08. The zero-order valence-electron chi connectivity index (χ0n) is 7.78. The van der Waals surface area contributed by atoms with E-state index in [9.17, 15) is 4.79 Å². The van der Waals surface area contributed by atoms with E-state index in [0.29, 0.717) is 18.3 Å². The molecule has 0 saturated heterocycles. The molecule has 12 heavy (non-hydrogen) atoms. The Morgan fingerprint density at radius 2 is 1.83 bits per heavy atom. The van der Waals surface area contributed by atoms with Gasteiger partial charge in [-0.05, 0) is 18.3 Å². The molecule has 74 valence electrons.